The number of hydrogen-bond acceptors (Lipinski definition) is 5. The first-order chi connectivity index (χ1) is 12.6. The highest BCUT2D eigenvalue weighted by Gasteiger charge is 2.13. The topological polar surface area (TPSA) is 72.2 Å². The van der Waals surface area contributed by atoms with Gasteiger partial charge < -0.3 is 5.32 Å². The van der Waals surface area contributed by atoms with Gasteiger partial charge in [0.1, 0.15) is 0 Å². The van der Waals surface area contributed by atoms with E-state index < -0.39 is 0 Å². The van der Waals surface area contributed by atoms with Crippen molar-refractivity contribution >= 4 is 51.5 Å². The van der Waals surface area contributed by atoms with Crippen LogP contribution in [0, 0.1) is 6.92 Å². The number of para-hydroxylation sites is 1. The van der Waals surface area contributed by atoms with Gasteiger partial charge in [-0.2, -0.15) is 0 Å². The molecule has 0 radical (unpaired) electrons. The zero-order valence-corrected chi connectivity index (χ0v) is 15.4. The fourth-order valence-corrected chi connectivity index (χ4v) is 3.68. The van der Waals surface area contributed by atoms with Gasteiger partial charge in [0.05, 0.1) is 17.0 Å². The second-order valence-corrected chi connectivity index (χ2v) is 7.00. The summed E-state index contributed by atoms with van der Waals surface area (Å²) in [5, 5.41) is 13.3. The quantitative estimate of drug-likeness (QED) is 0.426. The van der Waals surface area contributed by atoms with Crippen molar-refractivity contribution in [2.45, 2.75) is 12.1 Å². The van der Waals surface area contributed by atoms with Crippen LogP contribution in [0.15, 0.2) is 53.8 Å². The Morgan fingerprint density at radius 1 is 1.23 bits per heavy atom. The van der Waals surface area contributed by atoms with Crippen LogP contribution in [-0.4, -0.2) is 31.2 Å². The van der Waals surface area contributed by atoms with E-state index in [9.17, 15) is 4.79 Å². The van der Waals surface area contributed by atoms with Crippen LogP contribution < -0.4 is 5.32 Å². The molecule has 0 saturated heterocycles. The standard InChI is InChI=1S/C18H14ClN5OS/c1-11-9-15-22-23-18(24(15)14-7-3-2-5-12(11)14)26-10-16(25)21-13-6-4-8-20-17(13)19/h2-9H,10H2,1H3,(H,21,25). The summed E-state index contributed by atoms with van der Waals surface area (Å²) in [6, 6.07) is 13.5. The first-order valence-corrected chi connectivity index (χ1v) is 9.26. The molecule has 3 aromatic heterocycles. The molecule has 130 valence electrons. The average molecular weight is 384 g/mol. The molecular weight excluding hydrogens is 370 g/mol. The number of nitrogens with one attached hydrogen (secondary N) is 1. The molecule has 0 spiro atoms. The summed E-state index contributed by atoms with van der Waals surface area (Å²) in [6.07, 6.45) is 1.57. The third-order valence-electron chi connectivity index (χ3n) is 3.94. The molecule has 4 aromatic rings. The highest BCUT2D eigenvalue weighted by atomic mass is 35.5. The number of aromatic nitrogens is 4. The number of hydrogen-bond donors (Lipinski definition) is 1. The summed E-state index contributed by atoms with van der Waals surface area (Å²) in [6.45, 7) is 2.05. The summed E-state index contributed by atoms with van der Waals surface area (Å²) < 4.78 is 1.97. The van der Waals surface area contributed by atoms with E-state index in [0.717, 1.165) is 22.1 Å². The van der Waals surface area contributed by atoms with E-state index in [0.29, 0.717) is 10.8 Å². The van der Waals surface area contributed by atoms with Crippen LogP contribution in [0.3, 0.4) is 0 Å². The highest BCUT2D eigenvalue weighted by Crippen LogP contribution is 2.26. The number of amides is 1. The summed E-state index contributed by atoms with van der Waals surface area (Å²) in [7, 11) is 0. The number of halogens is 1. The van der Waals surface area contributed by atoms with Gasteiger partial charge in [0.2, 0.25) is 5.91 Å². The van der Waals surface area contributed by atoms with E-state index in [-0.39, 0.29) is 16.8 Å². The Bertz CT molecular complexity index is 1130. The number of nitrogens with zero attached hydrogens (tertiary/aromatic N) is 4. The summed E-state index contributed by atoms with van der Waals surface area (Å²) >= 11 is 7.29. The number of rotatable bonds is 4. The van der Waals surface area contributed by atoms with Crippen molar-refractivity contribution in [2.75, 3.05) is 11.1 Å². The molecule has 0 atom stereocenters. The predicted molar refractivity (Wildman–Crippen MR) is 104 cm³/mol. The Labute approximate surface area is 158 Å². The van der Waals surface area contributed by atoms with Gasteiger partial charge in [-0.3, -0.25) is 9.20 Å². The number of thioether (sulfide) groups is 1. The van der Waals surface area contributed by atoms with Gasteiger partial charge in [0.15, 0.2) is 16.0 Å². The Morgan fingerprint density at radius 3 is 2.92 bits per heavy atom. The molecule has 8 heteroatoms. The molecule has 1 aromatic carbocycles. The van der Waals surface area contributed by atoms with Crippen molar-refractivity contribution in [3.63, 3.8) is 0 Å². The smallest absolute Gasteiger partial charge is 0.234 e. The zero-order chi connectivity index (χ0) is 18.1. The van der Waals surface area contributed by atoms with Gasteiger partial charge in [-0.1, -0.05) is 41.6 Å². The maximum atomic E-state index is 12.2. The van der Waals surface area contributed by atoms with Crippen LogP contribution >= 0.6 is 23.4 Å². The first kappa shape index (κ1) is 16.8. The second-order valence-electron chi connectivity index (χ2n) is 5.70. The van der Waals surface area contributed by atoms with Gasteiger partial charge in [0.25, 0.3) is 0 Å². The minimum atomic E-state index is -0.182. The van der Waals surface area contributed by atoms with Crippen LogP contribution in [0.2, 0.25) is 5.15 Å². The number of aryl methyl sites for hydroxylation is 1. The molecule has 0 saturated carbocycles. The molecule has 0 bridgehead atoms. The largest absolute Gasteiger partial charge is 0.323 e. The van der Waals surface area contributed by atoms with Gasteiger partial charge in [-0.05, 0) is 36.8 Å². The van der Waals surface area contributed by atoms with E-state index in [1.807, 2.05) is 28.7 Å². The van der Waals surface area contributed by atoms with E-state index in [2.05, 4.69) is 33.5 Å². The van der Waals surface area contributed by atoms with E-state index in [1.165, 1.54) is 11.8 Å². The van der Waals surface area contributed by atoms with Crippen molar-refractivity contribution < 1.29 is 4.79 Å². The van der Waals surface area contributed by atoms with Gasteiger partial charge in [-0.25, -0.2) is 4.98 Å². The zero-order valence-electron chi connectivity index (χ0n) is 13.8. The van der Waals surface area contributed by atoms with Crippen molar-refractivity contribution in [2.24, 2.45) is 0 Å². The highest BCUT2D eigenvalue weighted by molar-refractivity contribution is 7.99. The Morgan fingerprint density at radius 2 is 2.08 bits per heavy atom. The van der Waals surface area contributed by atoms with Gasteiger partial charge >= 0.3 is 0 Å². The van der Waals surface area contributed by atoms with Crippen LogP contribution in [-0.2, 0) is 4.79 Å². The molecule has 6 nitrogen and oxygen atoms in total. The molecule has 3 heterocycles. The predicted octanol–water partition coefficient (Wildman–Crippen LogP) is 3.97. The molecule has 0 aliphatic rings. The number of carbonyl (C=O) groups excluding carboxylic acids is 1. The number of pyridine rings is 2. The Balaban J connectivity index is 1.59. The molecular formula is C18H14ClN5OS. The minimum Gasteiger partial charge on any atom is -0.323 e. The van der Waals surface area contributed by atoms with E-state index in [1.54, 1.807) is 18.3 Å². The number of anilines is 1. The van der Waals surface area contributed by atoms with Crippen LogP contribution in [0.4, 0.5) is 5.69 Å². The minimum absolute atomic E-state index is 0.182. The molecule has 1 N–H and O–H groups in total. The summed E-state index contributed by atoms with van der Waals surface area (Å²) in [5.74, 6) is 0.00637. The first-order valence-electron chi connectivity index (χ1n) is 7.90. The van der Waals surface area contributed by atoms with Crippen molar-refractivity contribution in [1.82, 2.24) is 19.6 Å². The maximum absolute atomic E-state index is 12.2. The lowest BCUT2D eigenvalue weighted by molar-refractivity contribution is -0.113. The van der Waals surface area contributed by atoms with Gasteiger partial charge in [0, 0.05) is 11.6 Å². The number of fused-ring (bicyclic) bond motifs is 3. The average Bonchev–Trinajstić information content (AvgIpc) is 3.05. The molecule has 0 unspecified atom stereocenters. The molecule has 0 fully saturated rings. The van der Waals surface area contributed by atoms with Crippen molar-refractivity contribution in [3.8, 4) is 0 Å². The normalized spacial score (nSPS) is 11.2. The number of carbonyl (C=O) groups is 1. The third-order valence-corrected chi connectivity index (χ3v) is 5.17. The Hall–Kier alpha value is -2.64. The molecule has 26 heavy (non-hydrogen) atoms. The second kappa shape index (κ2) is 6.93. The van der Waals surface area contributed by atoms with Crippen LogP contribution in [0.25, 0.3) is 16.6 Å². The number of benzene rings is 1. The molecule has 1 amide bonds. The van der Waals surface area contributed by atoms with Gasteiger partial charge in [-0.15, -0.1) is 10.2 Å². The monoisotopic (exact) mass is 383 g/mol. The lowest BCUT2D eigenvalue weighted by Crippen LogP contribution is -2.14. The van der Waals surface area contributed by atoms with Crippen LogP contribution in [0.1, 0.15) is 5.56 Å². The summed E-state index contributed by atoms with van der Waals surface area (Å²) in [5.41, 5.74) is 3.41. The fraction of sp³-hybridized carbons (Fsp3) is 0.111. The van der Waals surface area contributed by atoms with E-state index >= 15 is 0 Å². The molecule has 0 aliphatic carbocycles. The van der Waals surface area contributed by atoms with Crippen molar-refractivity contribution in [1.29, 1.82) is 0 Å². The third kappa shape index (κ3) is 3.11. The van der Waals surface area contributed by atoms with Crippen LogP contribution in [0.5, 0.6) is 0 Å². The molecule has 0 aliphatic heterocycles. The summed E-state index contributed by atoms with van der Waals surface area (Å²) in [4.78, 5) is 16.2. The van der Waals surface area contributed by atoms with E-state index in [4.69, 9.17) is 11.6 Å². The van der Waals surface area contributed by atoms with Crippen molar-refractivity contribution in [3.05, 3.63) is 59.4 Å². The fourth-order valence-electron chi connectivity index (χ4n) is 2.76. The maximum Gasteiger partial charge on any atom is 0.234 e. The SMILES string of the molecule is Cc1cc2nnc(SCC(=O)Nc3cccnc3Cl)n2c2ccccc12. The molecule has 4 rings (SSSR count). The lowest BCUT2D eigenvalue weighted by atomic mass is 10.1. The lowest BCUT2D eigenvalue weighted by Gasteiger charge is -2.08. The Kier molecular flexibility index (Phi) is 4.48.